The summed E-state index contributed by atoms with van der Waals surface area (Å²) in [6.45, 7) is 0. The van der Waals surface area contributed by atoms with Gasteiger partial charge in [-0.05, 0) is 42.5 Å². The summed E-state index contributed by atoms with van der Waals surface area (Å²) in [7, 11) is 0. The average Bonchev–Trinajstić information content (AvgIpc) is 2.52. The summed E-state index contributed by atoms with van der Waals surface area (Å²) in [5.74, 6) is -0.644. The number of hydrogen-bond donors (Lipinski definition) is 2. The Labute approximate surface area is 156 Å². The first kappa shape index (κ1) is 18.1. The molecule has 0 heterocycles. The van der Waals surface area contributed by atoms with Crippen molar-refractivity contribution in [2.75, 3.05) is 5.75 Å². The molecule has 0 aromatic heterocycles. The van der Waals surface area contributed by atoms with Crippen LogP contribution in [0.25, 0.3) is 0 Å². The van der Waals surface area contributed by atoms with Crippen LogP contribution in [0.2, 0.25) is 10.0 Å². The van der Waals surface area contributed by atoms with E-state index >= 15 is 0 Å². The molecule has 0 atom stereocenters. The predicted molar refractivity (Wildman–Crippen MR) is 96.9 cm³/mol. The maximum Gasteiger partial charge on any atom is 0.271 e. The number of rotatable bonds is 4. The largest absolute Gasteiger partial charge is 0.272 e. The van der Waals surface area contributed by atoms with Gasteiger partial charge < -0.3 is 0 Å². The van der Waals surface area contributed by atoms with Crippen LogP contribution < -0.4 is 10.9 Å². The molecule has 4 nitrogen and oxygen atoms in total. The minimum Gasteiger partial charge on any atom is -0.272 e. The fraction of sp³-hybridized carbons (Fsp3) is 0.0667. The van der Waals surface area contributed by atoms with Gasteiger partial charge in [-0.15, -0.1) is 11.8 Å². The molecule has 0 aliphatic rings. The topological polar surface area (TPSA) is 58.2 Å². The van der Waals surface area contributed by atoms with E-state index in [2.05, 4.69) is 26.8 Å². The molecule has 0 aliphatic heterocycles. The molecule has 120 valence electrons. The zero-order chi connectivity index (χ0) is 16.8. The van der Waals surface area contributed by atoms with Gasteiger partial charge in [0.15, 0.2) is 0 Å². The molecule has 23 heavy (non-hydrogen) atoms. The Hall–Kier alpha value is -1.21. The predicted octanol–water partition coefficient (Wildman–Crippen LogP) is 4.31. The quantitative estimate of drug-likeness (QED) is 0.557. The molecular weight excluding hydrogens is 423 g/mol. The number of halogens is 3. The first-order valence-electron chi connectivity index (χ1n) is 6.38. The SMILES string of the molecule is O=C(CSc1ccc(Cl)cc1)NNC(=O)c1ccc(Br)cc1Cl. The molecule has 0 bridgehead atoms. The molecule has 8 heteroatoms. The van der Waals surface area contributed by atoms with E-state index in [1.54, 1.807) is 30.3 Å². The van der Waals surface area contributed by atoms with Gasteiger partial charge in [-0.3, -0.25) is 20.4 Å². The Morgan fingerprint density at radius 2 is 1.74 bits per heavy atom. The zero-order valence-corrected chi connectivity index (χ0v) is 15.5. The molecule has 2 aromatic rings. The lowest BCUT2D eigenvalue weighted by molar-refractivity contribution is -0.119. The minimum absolute atomic E-state index is 0.163. The normalized spacial score (nSPS) is 10.2. The van der Waals surface area contributed by atoms with Crippen LogP contribution in [0.4, 0.5) is 0 Å². The number of amides is 2. The van der Waals surface area contributed by atoms with Gasteiger partial charge in [0, 0.05) is 14.4 Å². The molecule has 0 saturated carbocycles. The van der Waals surface area contributed by atoms with Crippen molar-refractivity contribution in [2.24, 2.45) is 0 Å². The summed E-state index contributed by atoms with van der Waals surface area (Å²) >= 11 is 16.4. The van der Waals surface area contributed by atoms with Crippen molar-refractivity contribution in [3.63, 3.8) is 0 Å². The third-order valence-corrected chi connectivity index (χ3v) is 4.74. The van der Waals surface area contributed by atoms with Crippen molar-refractivity contribution in [2.45, 2.75) is 4.90 Å². The summed E-state index contributed by atoms with van der Waals surface area (Å²) in [5, 5.41) is 0.930. The van der Waals surface area contributed by atoms with Crippen molar-refractivity contribution >= 4 is 62.7 Å². The minimum atomic E-state index is -0.479. The highest BCUT2D eigenvalue weighted by molar-refractivity contribution is 9.10. The standard InChI is InChI=1S/C15H11BrCl2N2O2S/c16-9-1-6-12(13(18)7-9)15(22)20-19-14(21)8-23-11-4-2-10(17)3-5-11/h1-7H,8H2,(H,19,21)(H,20,22). The van der Waals surface area contributed by atoms with E-state index in [4.69, 9.17) is 23.2 Å². The van der Waals surface area contributed by atoms with Gasteiger partial charge in [0.1, 0.15) is 0 Å². The number of hydrazine groups is 1. The average molecular weight is 434 g/mol. The van der Waals surface area contributed by atoms with E-state index < -0.39 is 5.91 Å². The maximum absolute atomic E-state index is 11.9. The Kier molecular flexibility index (Phi) is 6.77. The van der Waals surface area contributed by atoms with Crippen LogP contribution in [-0.2, 0) is 4.79 Å². The van der Waals surface area contributed by atoms with Crippen molar-refractivity contribution in [1.29, 1.82) is 0 Å². The van der Waals surface area contributed by atoms with E-state index in [0.29, 0.717) is 10.0 Å². The summed E-state index contributed by atoms with van der Waals surface area (Å²) in [4.78, 5) is 24.6. The van der Waals surface area contributed by atoms with E-state index in [1.807, 2.05) is 12.1 Å². The Bertz CT molecular complexity index is 726. The van der Waals surface area contributed by atoms with Gasteiger partial charge in [0.05, 0.1) is 16.3 Å². The lowest BCUT2D eigenvalue weighted by Crippen LogP contribution is -2.42. The van der Waals surface area contributed by atoms with Gasteiger partial charge in [-0.25, -0.2) is 0 Å². The van der Waals surface area contributed by atoms with Crippen molar-refractivity contribution < 1.29 is 9.59 Å². The molecule has 0 spiro atoms. The fourth-order valence-corrected chi connectivity index (χ4v) is 3.17. The van der Waals surface area contributed by atoms with Crippen LogP contribution in [0, 0.1) is 0 Å². The number of benzene rings is 2. The maximum atomic E-state index is 11.9. The molecule has 0 radical (unpaired) electrons. The molecular formula is C15H11BrCl2N2O2S. The highest BCUT2D eigenvalue weighted by Gasteiger charge is 2.11. The van der Waals surface area contributed by atoms with Gasteiger partial charge in [-0.2, -0.15) is 0 Å². The first-order valence-corrected chi connectivity index (χ1v) is 8.92. The monoisotopic (exact) mass is 432 g/mol. The summed E-state index contributed by atoms with van der Waals surface area (Å²) in [5.41, 5.74) is 4.96. The molecule has 2 aromatic carbocycles. The number of carbonyl (C=O) groups is 2. The second-order valence-electron chi connectivity index (χ2n) is 4.37. The molecule has 2 rings (SSSR count). The van der Waals surface area contributed by atoms with Gasteiger partial charge in [0.2, 0.25) is 5.91 Å². The molecule has 0 unspecified atom stereocenters. The summed E-state index contributed by atoms with van der Waals surface area (Å²) < 4.78 is 0.766. The van der Waals surface area contributed by atoms with Crippen LogP contribution >= 0.6 is 50.9 Å². The molecule has 0 fully saturated rings. The lowest BCUT2D eigenvalue weighted by Gasteiger charge is -2.08. The second kappa shape index (κ2) is 8.59. The van der Waals surface area contributed by atoms with Crippen LogP contribution in [0.15, 0.2) is 51.8 Å². The number of nitrogens with one attached hydrogen (secondary N) is 2. The van der Waals surface area contributed by atoms with E-state index in [1.165, 1.54) is 11.8 Å². The summed E-state index contributed by atoms with van der Waals surface area (Å²) in [6.07, 6.45) is 0. The number of hydrogen-bond acceptors (Lipinski definition) is 3. The van der Waals surface area contributed by atoms with E-state index in [0.717, 1.165) is 9.37 Å². The van der Waals surface area contributed by atoms with Crippen molar-refractivity contribution in [1.82, 2.24) is 10.9 Å². The molecule has 0 saturated heterocycles. The number of thioether (sulfide) groups is 1. The second-order valence-corrected chi connectivity index (χ2v) is 7.18. The molecule has 2 amide bonds. The Morgan fingerprint density at radius 1 is 1.04 bits per heavy atom. The van der Waals surface area contributed by atoms with Crippen LogP contribution in [-0.4, -0.2) is 17.6 Å². The molecule has 2 N–H and O–H groups in total. The van der Waals surface area contributed by atoms with Crippen molar-refractivity contribution in [3.8, 4) is 0 Å². The van der Waals surface area contributed by atoms with Crippen LogP contribution in [0.3, 0.4) is 0 Å². The lowest BCUT2D eigenvalue weighted by atomic mass is 10.2. The summed E-state index contributed by atoms with van der Waals surface area (Å²) in [6, 6.07) is 12.0. The third kappa shape index (κ3) is 5.73. The van der Waals surface area contributed by atoms with Gasteiger partial charge in [-0.1, -0.05) is 39.1 Å². The van der Waals surface area contributed by atoms with Crippen molar-refractivity contribution in [3.05, 3.63) is 62.5 Å². The van der Waals surface area contributed by atoms with E-state index in [-0.39, 0.29) is 17.2 Å². The third-order valence-electron chi connectivity index (χ3n) is 2.67. The fourth-order valence-electron chi connectivity index (χ4n) is 1.58. The first-order chi connectivity index (χ1) is 11.0. The number of carbonyl (C=O) groups excluding carboxylic acids is 2. The highest BCUT2D eigenvalue weighted by Crippen LogP contribution is 2.21. The molecule has 0 aliphatic carbocycles. The smallest absolute Gasteiger partial charge is 0.271 e. The van der Waals surface area contributed by atoms with E-state index in [9.17, 15) is 9.59 Å². The Balaban J connectivity index is 1.81. The Morgan fingerprint density at radius 3 is 2.39 bits per heavy atom. The zero-order valence-electron chi connectivity index (χ0n) is 11.6. The van der Waals surface area contributed by atoms with Gasteiger partial charge >= 0.3 is 0 Å². The highest BCUT2D eigenvalue weighted by atomic mass is 79.9. The van der Waals surface area contributed by atoms with Crippen LogP contribution in [0.1, 0.15) is 10.4 Å². The van der Waals surface area contributed by atoms with Gasteiger partial charge in [0.25, 0.3) is 5.91 Å². The van der Waals surface area contributed by atoms with Crippen LogP contribution in [0.5, 0.6) is 0 Å².